The Labute approximate surface area is 81.9 Å². The minimum atomic E-state index is -0.0882. The Hall–Kier alpha value is -1.51. The van der Waals surface area contributed by atoms with Crippen molar-refractivity contribution in [2.75, 3.05) is 0 Å². The standard InChI is InChI=1S/C11H10N2O/c14-10-6-8-5-7-3-1-2-4-9(7)11(8)13-12-10/h1-5,8-9,11H,6H2. The third-order valence-corrected chi connectivity index (χ3v) is 3.03. The number of hydrogen-bond donors (Lipinski definition) is 0. The lowest BCUT2D eigenvalue weighted by Crippen LogP contribution is -2.25. The van der Waals surface area contributed by atoms with E-state index >= 15 is 0 Å². The second kappa shape index (κ2) is 2.74. The fraction of sp³-hybridized carbons (Fsp3) is 0.364. The van der Waals surface area contributed by atoms with E-state index < -0.39 is 0 Å². The van der Waals surface area contributed by atoms with Crippen LogP contribution >= 0.6 is 0 Å². The van der Waals surface area contributed by atoms with Gasteiger partial charge in [0.05, 0.1) is 6.04 Å². The van der Waals surface area contributed by atoms with Crippen LogP contribution in [-0.2, 0) is 4.79 Å². The van der Waals surface area contributed by atoms with Gasteiger partial charge in [-0.05, 0) is 5.57 Å². The van der Waals surface area contributed by atoms with Crippen LogP contribution < -0.4 is 0 Å². The summed E-state index contributed by atoms with van der Waals surface area (Å²) in [4.78, 5) is 11.1. The maximum atomic E-state index is 11.1. The lowest BCUT2D eigenvalue weighted by Gasteiger charge is -2.21. The Morgan fingerprint density at radius 2 is 2.29 bits per heavy atom. The van der Waals surface area contributed by atoms with E-state index in [1.807, 2.05) is 12.2 Å². The van der Waals surface area contributed by atoms with Crippen LogP contribution in [0, 0.1) is 11.8 Å². The van der Waals surface area contributed by atoms with Crippen LogP contribution in [0.1, 0.15) is 6.42 Å². The molecular weight excluding hydrogens is 176 g/mol. The summed E-state index contributed by atoms with van der Waals surface area (Å²) in [5.41, 5.74) is 1.29. The van der Waals surface area contributed by atoms with Gasteiger partial charge in [0.1, 0.15) is 0 Å². The molecule has 0 radical (unpaired) electrons. The molecule has 1 heterocycles. The summed E-state index contributed by atoms with van der Waals surface area (Å²) in [6.07, 6.45) is 11.0. The van der Waals surface area contributed by atoms with Gasteiger partial charge in [-0.3, -0.25) is 4.79 Å². The molecule has 3 unspecified atom stereocenters. The number of amides is 1. The van der Waals surface area contributed by atoms with E-state index in [1.54, 1.807) is 0 Å². The zero-order valence-electron chi connectivity index (χ0n) is 7.63. The van der Waals surface area contributed by atoms with Gasteiger partial charge < -0.3 is 0 Å². The van der Waals surface area contributed by atoms with E-state index in [4.69, 9.17) is 0 Å². The van der Waals surface area contributed by atoms with E-state index in [1.165, 1.54) is 5.57 Å². The summed E-state index contributed by atoms with van der Waals surface area (Å²) in [5, 5.41) is 7.75. The second-order valence-electron chi connectivity index (χ2n) is 3.90. The zero-order valence-corrected chi connectivity index (χ0v) is 7.63. The number of nitrogens with zero attached hydrogens (tertiary/aromatic N) is 2. The average molecular weight is 186 g/mol. The predicted octanol–water partition coefficient (Wildman–Crippen LogP) is 2.04. The molecule has 0 fully saturated rings. The Morgan fingerprint density at radius 1 is 1.36 bits per heavy atom. The molecule has 14 heavy (non-hydrogen) atoms. The van der Waals surface area contributed by atoms with Crippen LogP contribution in [0.3, 0.4) is 0 Å². The van der Waals surface area contributed by atoms with Crippen LogP contribution in [0.4, 0.5) is 0 Å². The number of carbonyl (C=O) groups is 1. The molecule has 0 spiro atoms. The molecule has 3 rings (SSSR count). The second-order valence-corrected chi connectivity index (χ2v) is 3.90. The number of azo groups is 1. The van der Waals surface area contributed by atoms with Crippen molar-refractivity contribution >= 4 is 5.91 Å². The summed E-state index contributed by atoms with van der Waals surface area (Å²) in [5.74, 6) is 0.531. The molecule has 0 N–H and O–H groups in total. The first-order valence-electron chi connectivity index (χ1n) is 4.85. The molecule has 3 aliphatic rings. The maximum Gasteiger partial charge on any atom is 0.264 e. The minimum Gasteiger partial charge on any atom is -0.271 e. The molecule has 3 atom stereocenters. The van der Waals surface area contributed by atoms with Crippen molar-refractivity contribution in [3.8, 4) is 0 Å². The highest BCUT2D eigenvalue weighted by Gasteiger charge is 2.38. The summed E-state index contributed by atoms with van der Waals surface area (Å²) >= 11 is 0. The lowest BCUT2D eigenvalue weighted by molar-refractivity contribution is -0.120. The van der Waals surface area contributed by atoms with Crippen LogP contribution in [0.15, 0.2) is 46.2 Å². The summed E-state index contributed by atoms with van der Waals surface area (Å²) in [6, 6.07) is 0.170. The fourth-order valence-corrected chi connectivity index (χ4v) is 2.37. The van der Waals surface area contributed by atoms with Gasteiger partial charge >= 0.3 is 0 Å². The molecule has 0 bridgehead atoms. The molecule has 0 saturated carbocycles. The summed E-state index contributed by atoms with van der Waals surface area (Å²) in [7, 11) is 0. The zero-order chi connectivity index (χ0) is 9.54. The third kappa shape index (κ3) is 1.02. The first-order chi connectivity index (χ1) is 6.84. The van der Waals surface area contributed by atoms with Gasteiger partial charge in [-0.2, -0.15) is 5.11 Å². The Kier molecular flexibility index (Phi) is 1.54. The Bertz CT molecular complexity index is 404. The van der Waals surface area contributed by atoms with E-state index in [0.29, 0.717) is 12.3 Å². The number of carbonyl (C=O) groups excluding carboxylic acids is 1. The van der Waals surface area contributed by atoms with Crippen molar-refractivity contribution in [2.45, 2.75) is 12.5 Å². The lowest BCUT2D eigenvalue weighted by atomic mass is 9.89. The molecule has 0 aromatic rings. The van der Waals surface area contributed by atoms with Crippen molar-refractivity contribution in [2.24, 2.45) is 22.1 Å². The highest BCUT2D eigenvalue weighted by molar-refractivity contribution is 5.77. The van der Waals surface area contributed by atoms with Crippen molar-refractivity contribution in [3.05, 3.63) is 36.0 Å². The molecule has 1 aliphatic heterocycles. The van der Waals surface area contributed by atoms with Gasteiger partial charge in [0.2, 0.25) is 0 Å². The number of rotatable bonds is 0. The van der Waals surface area contributed by atoms with Crippen molar-refractivity contribution in [1.82, 2.24) is 0 Å². The molecule has 2 aliphatic carbocycles. The highest BCUT2D eigenvalue weighted by Crippen LogP contribution is 2.40. The Morgan fingerprint density at radius 3 is 3.21 bits per heavy atom. The largest absolute Gasteiger partial charge is 0.271 e. The maximum absolute atomic E-state index is 11.1. The minimum absolute atomic E-state index is 0.0882. The molecular formula is C11H10N2O. The van der Waals surface area contributed by atoms with Crippen LogP contribution in [0.5, 0.6) is 0 Å². The molecule has 0 aromatic carbocycles. The van der Waals surface area contributed by atoms with Crippen LogP contribution in [0.25, 0.3) is 0 Å². The van der Waals surface area contributed by atoms with E-state index in [9.17, 15) is 4.79 Å². The van der Waals surface area contributed by atoms with E-state index in [0.717, 1.165) is 0 Å². The SMILES string of the molecule is O=C1CC2C=C3C=CC=CC3C2N=N1. The van der Waals surface area contributed by atoms with Crippen LogP contribution in [-0.4, -0.2) is 11.9 Å². The molecule has 0 aromatic heterocycles. The highest BCUT2D eigenvalue weighted by atomic mass is 16.1. The van der Waals surface area contributed by atoms with Gasteiger partial charge in [0, 0.05) is 18.3 Å². The topological polar surface area (TPSA) is 41.8 Å². The molecule has 0 saturated heterocycles. The van der Waals surface area contributed by atoms with Gasteiger partial charge in [0.15, 0.2) is 0 Å². The van der Waals surface area contributed by atoms with Gasteiger partial charge in [-0.25, -0.2) is 0 Å². The van der Waals surface area contributed by atoms with Gasteiger partial charge in [-0.1, -0.05) is 30.4 Å². The fourth-order valence-electron chi connectivity index (χ4n) is 2.37. The first-order valence-corrected chi connectivity index (χ1v) is 4.85. The third-order valence-electron chi connectivity index (χ3n) is 3.03. The number of allylic oxidation sites excluding steroid dienone is 3. The van der Waals surface area contributed by atoms with Crippen molar-refractivity contribution < 1.29 is 4.79 Å². The average Bonchev–Trinajstić information content (AvgIpc) is 2.54. The van der Waals surface area contributed by atoms with E-state index in [2.05, 4.69) is 28.5 Å². The van der Waals surface area contributed by atoms with Crippen molar-refractivity contribution in [1.29, 1.82) is 0 Å². The number of fused-ring (bicyclic) bond motifs is 3. The van der Waals surface area contributed by atoms with E-state index in [-0.39, 0.29) is 17.9 Å². The predicted molar refractivity (Wildman–Crippen MR) is 51.6 cm³/mol. The normalized spacial score (nSPS) is 38.1. The number of hydrogen-bond acceptors (Lipinski definition) is 2. The molecule has 3 nitrogen and oxygen atoms in total. The van der Waals surface area contributed by atoms with Gasteiger partial charge in [0.25, 0.3) is 5.91 Å². The van der Waals surface area contributed by atoms with Crippen molar-refractivity contribution in [3.63, 3.8) is 0 Å². The first kappa shape index (κ1) is 7.85. The summed E-state index contributed by atoms with van der Waals surface area (Å²) < 4.78 is 0. The monoisotopic (exact) mass is 186 g/mol. The van der Waals surface area contributed by atoms with Gasteiger partial charge in [-0.15, -0.1) is 5.11 Å². The molecule has 3 heteroatoms. The van der Waals surface area contributed by atoms with Crippen LogP contribution in [0.2, 0.25) is 0 Å². The Balaban J connectivity index is 2.00. The molecule has 1 amide bonds. The molecule has 70 valence electrons. The quantitative estimate of drug-likeness (QED) is 0.570. The summed E-state index contributed by atoms with van der Waals surface area (Å²) in [6.45, 7) is 0. The smallest absolute Gasteiger partial charge is 0.264 e.